The highest BCUT2D eigenvalue weighted by molar-refractivity contribution is 7.89. The maximum Gasteiger partial charge on any atom is 0.240 e. The molecule has 0 fully saturated rings. The van der Waals surface area contributed by atoms with Crippen LogP contribution in [0.3, 0.4) is 0 Å². The molecule has 1 atom stereocenters. The summed E-state index contributed by atoms with van der Waals surface area (Å²) >= 11 is 0. The zero-order valence-electron chi connectivity index (χ0n) is 13.7. The van der Waals surface area contributed by atoms with Crippen molar-refractivity contribution in [2.24, 2.45) is 5.92 Å². The number of sulfonamides is 1. The molecule has 0 spiro atoms. The molecule has 1 aromatic carbocycles. The molecule has 0 saturated carbocycles. The Balaban J connectivity index is 2.63. The van der Waals surface area contributed by atoms with E-state index in [0.717, 1.165) is 19.3 Å². The predicted octanol–water partition coefficient (Wildman–Crippen LogP) is 3.14. The number of hydrogen-bond acceptors (Lipinski definition) is 3. The first-order valence-electron chi connectivity index (χ1n) is 7.60. The molecule has 0 aliphatic rings. The Morgan fingerprint density at radius 3 is 2.18 bits per heavy atom. The first kappa shape index (κ1) is 18.6. The molecule has 0 aliphatic carbocycles. The van der Waals surface area contributed by atoms with Crippen LogP contribution < -0.4 is 10.0 Å². The number of amides is 1. The first-order valence-corrected chi connectivity index (χ1v) is 9.09. The van der Waals surface area contributed by atoms with Crippen LogP contribution in [0.1, 0.15) is 47.0 Å². The Bertz CT molecular complexity index is 580. The fourth-order valence-electron chi connectivity index (χ4n) is 2.14. The number of carbonyl (C=O) groups excluding carboxylic acids is 1. The van der Waals surface area contributed by atoms with Crippen molar-refractivity contribution < 1.29 is 13.2 Å². The van der Waals surface area contributed by atoms with Crippen LogP contribution in [0.5, 0.6) is 0 Å². The summed E-state index contributed by atoms with van der Waals surface area (Å²) < 4.78 is 27.2. The zero-order chi connectivity index (χ0) is 16.8. The van der Waals surface area contributed by atoms with Gasteiger partial charge < -0.3 is 5.32 Å². The van der Waals surface area contributed by atoms with E-state index in [1.165, 1.54) is 19.1 Å². The van der Waals surface area contributed by atoms with Gasteiger partial charge in [-0.05, 0) is 43.5 Å². The number of rotatable bonds is 8. The predicted molar refractivity (Wildman–Crippen MR) is 89.2 cm³/mol. The molecule has 124 valence electrons. The van der Waals surface area contributed by atoms with Gasteiger partial charge in [0, 0.05) is 18.7 Å². The summed E-state index contributed by atoms with van der Waals surface area (Å²) in [6.07, 6.45) is 2.92. The summed E-state index contributed by atoms with van der Waals surface area (Å²) in [7, 11) is -3.52. The average molecular weight is 326 g/mol. The smallest absolute Gasteiger partial charge is 0.240 e. The third-order valence-electron chi connectivity index (χ3n) is 3.26. The fraction of sp³-hybridized carbons (Fsp3) is 0.562. The third kappa shape index (κ3) is 6.58. The van der Waals surface area contributed by atoms with Crippen LogP contribution in [-0.2, 0) is 14.8 Å². The Morgan fingerprint density at radius 1 is 1.09 bits per heavy atom. The lowest BCUT2D eigenvalue weighted by atomic mass is 10.0. The maximum atomic E-state index is 12.3. The summed E-state index contributed by atoms with van der Waals surface area (Å²) in [4.78, 5) is 11.2. The van der Waals surface area contributed by atoms with Gasteiger partial charge in [-0.15, -0.1) is 0 Å². The van der Waals surface area contributed by atoms with E-state index in [4.69, 9.17) is 0 Å². The molecule has 1 amide bonds. The first-order chi connectivity index (χ1) is 10.2. The van der Waals surface area contributed by atoms with Crippen LogP contribution in [0.15, 0.2) is 29.2 Å². The van der Waals surface area contributed by atoms with E-state index in [2.05, 4.69) is 23.9 Å². The van der Waals surface area contributed by atoms with Crippen molar-refractivity contribution >= 4 is 21.6 Å². The molecule has 0 saturated heterocycles. The van der Waals surface area contributed by atoms with Crippen molar-refractivity contribution in [1.82, 2.24) is 4.72 Å². The summed E-state index contributed by atoms with van der Waals surface area (Å²) in [5.74, 6) is 0.442. The molecule has 1 rings (SSSR count). The Labute approximate surface area is 133 Å². The van der Waals surface area contributed by atoms with Crippen molar-refractivity contribution in [3.05, 3.63) is 24.3 Å². The van der Waals surface area contributed by atoms with Gasteiger partial charge in [0.05, 0.1) is 4.90 Å². The van der Waals surface area contributed by atoms with Gasteiger partial charge in [-0.25, -0.2) is 13.1 Å². The third-order valence-corrected chi connectivity index (χ3v) is 4.87. The van der Waals surface area contributed by atoms with Gasteiger partial charge in [-0.3, -0.25) is 4.79 Å². The van der Waals surface area contributed by atoms with Crippen molar-refractivity contribution in [2.45, 2.75) is 57.9 Å². The number of benzene rings is 1. The van der Waals surface area contributed by atoms with Gasteiger partial charge in [-0.1, -0.05) is 26.7 Å². The largest absolute Gasteiger partial charge is 0.326 e. The summed E-state index contributed by atoms with van der Waals surface area (Å²) in [6.45, 7) is 7.60. The molecule has 0 aliphatic heterocycles. The van der Waals surface area contributed by atoms with Crippen LogP contribution in [0.2, 0.25) is 0 Å². The van der Waals surface area contributed by atoms with Gasteiger partial charge in [0.1, 0.15) is 0 Å². The Hall–Kier alpha value is -1.40. The molecule has 6 heteroatoms. The molecule has 5 nitrogen and oxygen atoms in total. The fourth-order valence-corrected chi connectivity index (χ4v) is 3.42. The van der Waals surface area contributed by atoms with Crippen molar-refractivity contribution in [3.8, 4) is 0 Å². The minimum Gasteiger partial charge on any atom is -0.326 e. The van der Waals surface area contributed by atoms with Crippen molar-refractivity contribution in [2.75, 3.05) is 5.32 Å². The molecule has 1 aromatic rings. The quantitative estimate of drug-likeness (QED) is 0.770. The van der Waals surface area contributed by atoms with E-state index in [-0.39, 0.29) is 16.8 Å². The van der Waals surface area contributed by atoms with Crippen LogP contribution in [0.25, 0.3) is 0 Å². The summed E-state index contributed by atoms with van der Waals surface area (Å²) in [5.41, 5.74) is 0.580. The van der Waals surface area contributed by atoms with Gasteiger partial charge in [0.2, 0.25) is 15.9 Å². The van der Waals surface area contributed by atoms with Crippen LogP contribution in [0, 0.1) is 5.92 Å². The van der Waals surface area contributed by atoms with Crippen molar-refractivity contribution in [3.63, 3.8) is 0 Å². The highest BCUT2D eigenvalue weighted by Gasteiger charge is 2.17. The second-order valence-electron chi connectivity index (χ2n) is 6.05. The lowest BCUT2D eigenvalue weighted by Gasteiger charge is -2.15. The topological polar surface area (TPSA) is 75.3 Å². The van der Waals surface area contributed by atoms with Crippen molar-refractivity contribution in [1.29, 1.82) is 0 Å². The minimum atomic E-state index is -3.52. The minimum absolute atomic E-state index is 0.0984. The molecule has 0 radical (unpaired) electrons. The average Bonchev–Trinajstić information content (AvgIpc) is 2.37. The molecule has 22 heavy (non-hydrogen) atoms. The van der Waals surface area contributed by atoms with Gasteiger partial charge >= 0.3 is 0 Å². The monoisotopic (exact) mass is 326 g/mol. The zero-order valence-corrected chi connectivity index (χ0v) is 14.5. The standard InChI is InChI=1S/C16H26N2O3S/c1-12(2)6-5-7-13(3)18-22(20,21)16-10-8-15(9-11-16)17-14(4)19/h8-13,18H,5-7H2,1-4H3,(H,17,19)/t13-/m0/s1. The molecule has 0 bridgehead atoms. The van der Waals surface area contributed by atoms with Gasteiger partial charge in [0.15, 0.2) is 0 Å². The van der Waals surface area contributed by atoms with E-state index in [1.54, 1.807) is 12.1 Å². The van der Waals surface area contributed by atoms with Gasteiger partial charge in [-0.2, -0.15) is 0 Å². The van der Waals surface area contributed by atoms with E-state index >= 15 is 0 Å². The Kier molecular flexibility index (Phi) is 7.03. The van der Waals surface area contributed by atoms with E-state index in [1.807, 2.05) is 6.92 Å². The molecular formula is C16H26N2O3S. The molecule has 0 heterocycles. The van der Waals surface area contributed by atoms with Crippen LogP contribution >= 0.6 is 0 Å². The van der Waals surface area contributed by atoms with E-state index in [0.29, 0.717) is 11.6 Å². The molecule has 0 aromatic heterocycles. The normalized spacial score (nSPS) is 13.1. The van der Waals surface area contributed by atoms with Crippen LogP contribution in [0.4, 0.5) is 5.69 Å². The SMILES string of the molecule is CC(=O)Nc1ccc(S(=O)(=O)N[C@@H](C)CCCC(C)C)cc1. The molecular weight excluding hydrogens is 300 g/mol. The van der Waals surface area contributed by atoms with Gasteiger partial charge in [0.25, 0.3) is 0 Å². The second-order valence-corrected chi connectivity index (χ2v) is 7.77. The van der Waals surface area contributed by atoms with E-state index < -0.39 is 10.0 Å². The Morgan fingerprint density at radius 2 is 1.68 bits per heavy atom. The number of carbonyl (C=O) groups is 1. The summed E-state index contributed by atoms with van der Waals surface area (Å²) in [5, 5.41) is 2.61. The molecule has 2 N–H and O–H groups in total. The lowest BCUT2D eigenvalue weighted by molar-refractivity contribution is -0.114. The molecule has 0 unspecified atom stereocenters. The van der Waals surface area contributed by atoms with Crippen LogP contribution in [-0.4, -0.2) is 20.4 Å². The maximum absolute atomic E-state index is 12.3. The number of hydrogen-bond donors (Lipinski definition) is 2. The highest BCUT2D eigenvalue weighted by atomic mass is 32.2. The van der Waals surface area contributed by atoms with E-state index in [9.17, 15) is 13.2 Å². The number of anilines is 1. The highest BCUT2D eigenvalue weighted by Crippen LogP contribution is 2.15. The number of nitrogens with one attached hydrogen (secondary N) is 2. The lowest BCUT2D eigenvalue weighted by Crippen LogP contribution is -2.32. The second kappa shape index (κ2) is 8.29. The summed E-state index contributed by atoms with van der Waals surface area (Å²) in [6, 6.07) is 6.06.